The number of nitrogens with one attached hydrogen (secondary N) is 1. The van der Waals surface area contributed by atoms with Gasteiger partial charge in [0.25, 0.3) is 0 Å². The molecule has 3 rings (SSSR count). The molecule has 0 bridgehead atoms. The summed E-state index contributed by atoms with van der Waals surface area (Å²) in [5.41, 5.74) is 3.46. The molecule has 26 heavy (non-hydrogen) atoms. The van der Waals surface area contributed by atoms with Crippen molar-refractivity contribution < 1.29 is 9.53 Å². The Morgan fingerprint density at radius 2 is 2.27 bits per heavy atom. The molecule has 0 aliphatic carbocycles. The Balaban J connectivity index is 1.51. The second-order valence-corrected chi connectivity index (χ2v) is 6.97. The molecule has 2 heterocycles. The maximum atomic E-state index is 12.5. The van der Waals surface area contributed by atoms with Crippen molar-refractivity contribution in [2.75, 3.05) is 19.7 Å². The minimum atomic E-state index is 0.00194. The Bertz CT molecular complexity index is 756. The predicted molar refractivity (Wildman–Crippen MR) is 101 cm³/mol. The van der Waals surface area contributed by atoms with Crippen LogP contribution in [0.5, 0.6) is 5.75 Å². The zero-order valence-corrected chi connectivity index (χ0v) is 15.9. The summed E-state index contributed by atoms with van der Waals surface area (Å²) >= 11 is 0. The highest BCUT2D eigenvalue weighted by atomic mass is 16.5. The van der Waals surface area contributed by atoms with Gasteiger partial charge in [-0.3, -0.25) is 4.68 Å². The minimum absolute atomic E-state index is 0.00194. The van der Waals surface area contributed by atoms with E-state index >= 15 is 0 Å². The van der Waals surface area contributed by atoms with E-state index in [4.69, 9.17) is 4.74 Å². The third-order valence-corrected chi connectivity index (χ3v) is 4.89. The fraction of sp³-hybridized carbons (Fsp3) is 0.500. The van der Waals surface area contributed by atoms with E-state index in [0.29, 0.717) is 12.5 Å². The van der Waals surface area contributed by atoms with Crippen molar-refractivity contribution in [3.8, 4) is 5.75 Å². The van der Waals surface area contributed by atoms with Gasteiger partial charge >= 0.3 is 6.03 Å². The van der Waals surface area contributed by atoms with Gasteiger partial charge in [-0.05, 0) is 48.6 Å². The highest BCUT2D eigenvalue weighted by Gasteiger charge is 2.27. The first kappa shape index (κ1) is 18.3. The van der Waals surface area contributed by atoms with E-state index in [1.165, 1.54) is 5.56 Å². The van der Waals surface area contributed by atoms with E-state index in [2.05, 4.69) is 24.3 Å². The Hall–Kier alpha value is -2.50. The average molecular weight is 356 g/mol. The fourth-order valence-electron chi connectivity index (χ4n) is 3.33. The van der Waals surface area contributed by atoms with E-state index < -0.39 is 0 Å². The van der Waals surface area contributed by atoms with Crippen LogP contribution in [0.2, 0.25) is 0 Å². The minimum Gasteiger partial charge on any atom is -0.494 e. The third kappa shape index (κ3) is 4.36. The number of benzene rings is 1. The first-order valence-corrected chi connectivity index (χ1v) is 9.30. The molecule has 1 aromatic heterocycles. The van der Waals surface area contributed by atoms with Crippen molar-refractivity contribution in [3.05, 3.63) is 47.3 Å². The summed E-state index contributed by atoms with van der Waals surface area (Å²) in [6.07, 6.45) is 5.92. The summed E-state index contributed by atoms with van der Waals surface area (Å²) < 4.78 is 7.47. The van der Waals surface area contributed by atoms with Crippen LogP contribution in [0, 0.1) is 6.92 Å². The highest BCUT2D eigenvalue weighted by molar-refractivity contribution is 5.74. The summed E-state index contributed by atoms with van der Waals surface area (Å²) in [7, 11) is 1.92. The molecule has 1 unspecified atom stereocenters. The maximum Gasteiger partial charge on any atom is 0.317 e. The van der Waals surface area contributed by atoms with Crippen molar-refractivity contribution >= 4 is 6.03 Å². The van der Waals surface area contributed by atoms with Crippen LogP contribution < -0.4 is 10.1 Å². The largest absolute Gasteiger partial charge is 0.494 e. The molecule has 6 heteroatoms. The number of hydrogen-bond acceptors (Lipinski definition) is 3. The van der Waals surface area contributed by atoms with Gasteiger partial charge in [0, 0.05) is 38.8 Å². The zero-order valence-electron chi connectivity index (χ0n) is 15.9. The Kier molecular flexibility index (Phi) is 5.81. The van der Waals surface area contributed by atoms with E-state index in [1.807, 2.05) is 47.2 Å². The number of ether oxygens (including phenoxy) is 1. The Morgan fingerprint density at radius 3 is 2.96 bits per heavy atom. The zero-order chi connectivity index (χ0) is 18.5. The van der Waals surface area contributed by atoms with Crippen molar-refractivity contribution in [1.29, 1.82) is 0 Å². The van der Waals surface area contributed by atoms with E-state index in [1.54, 1.807) is 0 Å². The molecular weight excluding hydrogens is 328 g/mol. The molecular formula is C20H28N4O2. The normalized spacial score (nSPS) is 16.7. The maximum absolute atomic E-state index is 12.5. The number of likely N-dealkylation sites (tertiary alicyclic amines) is 1. The van der Waals surface area contributed by atoms with Crippen molar-refractivity contribution in [1.82, 2.24) is 20.0 Å². The lowest BCUT2D eigenvalue weighted by Crippen LogP contribution is -2.38. The number of nitrogens with zero attached hydrogens (tertiary/aromatic N) is 3. The second-order valence-electron chi connectivity index (χ2n) is 6.97. The summed E-state index contributed by atoms with van der Waals surface area (Å²) in [6, 6.07) is 6.04. The number of rotatable bonds is 6. The summed E-state index contributed by atoms with van der Waals surface area (Å²) in [4.78, 5) is 14.4. The monoisotopic (exact) mass is 356 g/mol. The van der Waals surface area contributed by atoms with E-state index in [0.717, 1.165) is 49.4 Å². The second kappa shape index (κ2) is 8.25. The van der Waals surface area contributed by atoms with Gasteiger partial charge in [0.05, 0.1) is 12.8 Å². The number of amides is 2. The average Bonchev–Trinajstić information content (AvgIpc) is 3.28. The van der Waals surface area contributed by atoms with Crippen LogP contribution in [0.4, 0.5) is 4.79 Å². The van der Waals surface area contributed by atoms with Gasteiger partial charge in [-0.15, -0.1) is 0 Å². The molecule has 6 nitrogen and oxygen atoms in total. The van der Waals surface area contributed by atoms with Crippen LogP contribution >= 0.6 is 0 Å². The van der Waals surface area contributed by atoms with Gasteiger partial charge < -0.3 is 15.0 Å². The van der Waals surface area contributed by atoms with Crippen LogP contribution in [-0.4, -0.2) is 40.4 Å². The van der Waals surface area contributed by atoms with Crippen LogP contribution in [0.3, 0.4) is 0 Å². The molecule has 1 saturated heterocycles. The summed E-state index contributed by atoms with van der Waals surface area (Å²) in [5, 5.41) is 7.28. The third-order valence-electron chi connectivity index (χ3n) is 4.89. The van der Waals surface area contributed by atoms with Crippen LogP contribution in [0.1, 0.15) is 42.4 Å². The van der Waals surface area contributed by atoms with Crippen molar-refractivity contribution in [2.45, 2.75) is 39.2 Å². The van der Waals surface area contributed by atoms with Gasteiger partial charge in [0.15, 0.2) is 0 Å². The topological polar surface area (TPSA) is 59.4 Å². The van der Waals surface area contributed by atoms with Crippen molar-refractivity contribution in [3.63, 3.8) is 0 Å². The SMILES string of the molecule is CCCOc1ccc(CNC(=O)N2CCC(c3cnn(C)c3)C2)c(C)c1. The van der Waals surface area contributed by atoms with Gasteiger partial charge in [-0.1, -0.05) is 13.0 Å². The lowest BCUT2D eigenvalue weighted by molar-refractivity contribution is 0.208. The molecule has 1 fully saturated rings. The molecule has 0 saturated carbocycles. The molecule has 1 aliphatic rings. The molecule has 140 valence electrons. The van der Waals surface area contributed by atoms with E-state index in [-0.39, 0.29) is 6.03 Å². The van der Waals surface area contributed by atoms with Gasteiger partial charge in [-0.25, -0.2) is 4.79 Å². The molecule has 1 aliphatic heterocycles. The predicted octanol–water partition coefficient (Wildman–Crippen LogP) is 3.22. The molecule has 1 aromatic carbocycles. The Labute approximate surface area is 155 Å². The number of aromatic nitrogens is 2. The van der Waals surface area contributed by atoms with Gasteiger partial charge in [-0.2, -0.15) is 5.10 Å². The highest BCUT2D eigenvalue weighted by Crippen LogP contribution is 2.26. The number of aryl methyl sites for hydroxylation is 2. The van der Waals surface area contributed by atoms with Crippen molar-refractivity contribution in [2.24, 2.45) is 7.05 Å². The first-order chi connectivity index (χ1) is 12.6. The summed E-state index contributed by atoms with van der Waals surface area (Å²) in [6.45, 7) is 6.94. The van der Waals surface area contributed by atoms with Gasteiger partial charge in [0.1, 0.15) is 5.75 Å². The number of carbonyl (C=O) groups is 1. The Morgan fingerprint density at radius 1 is 1.42 bits per heavy atom. The van der Waals surface area contributed by atoms with Crippen LogP contribution in [-0.2, 0) is 13.6 Å². The quantitative estimate of drug-likeness (QED) is 0.864. The molecule has 1 N–H and O–H groups in total. The van der Waals surface area contributed by atoms with Crippen LogP contribution in [0.15, 0.2) is 30.6 Å². The number of hydrogen-bond donors (Lipinski definition) is 1. The summed E-state index contributed by atoms with van der Waals surface area (Å²) in [5.74, 6) is 1.27. The molecule has 1 atom stereocenters. The van der Waals surface area contributed by atoms with Crippen LogP contribution in [0.25, 0.3) is 0 Å². The molecule has 2 amide bonds. The first-order valence-electron chi connectivity index (χ1n) is 9.30. The smallest absolute Gasteiger partial charge is 0.317 e. The standard InChI is InChI=1S/C20H28N4O2/c1-4-9-26-19-6-5-16(15(2)10-19)11-21-20(25)24-8-7-17(14-24)18-12-22-23(3)13-18/h5-6,10,12-13,17H,4,7-9,11,14H2,1-3H3,(H,21,25). The molecule has 2 aromatic rings. The molecule has 0 radical (unpaired) electrons. The molecule has 0 spiro atoms. The lowest BCUT2D eigenvalue weighted by atomic mass is 10.0. The van der Waals surface area contributed by atoms with E-state index in [9.17, 15) is 4.79 Å². The lowest BCUT2D eigenvalue weighted by Gasteiger charge is -2.18. The number of urea groups is 1. The van der Waals surface area contributed by atoms with Gasteiger partial charge in [0.2, 0.25) is 0 Å². The number of carbonyl (C=O) groups excluding carboxylic acids is 1. The fourth-order valence-corrected chi connectivity index (χ4v) is 3.33.